The van der Waals surface area contributed by atoms with E-state index < -0.39 is 44.4 Å². The average Bonchev–Trinajstić information content (AvgIpc) is 3.13. The minimum atomic E-state index is -6.24. The molecule has 0 unspecified atom stereocenters. The molecule has 1 aliphatic rings. The van der Waals surface area contributed by atoms with Crippen LogP contribution in [0.1, 0.15) is 18.4 Å². The third-order valence-electron chi connectivity index (χ3n) is 3.19. The lowest BCUT2D eigenvalue weighted by Crippen LogP contribution is -2.29. The fraction of sp³-hybridized carbons (Fsp3) is 0.364. The Labute approximate surface area is 120 Å². The minimum absolute atomic E-state index is 0.0995. The molecule has 0 aliphatic heterocycles. The number of benzene rings is 1. The van der Waals surface area contributed by atoms with E-state index in [9.17, 15) is 35.2 Å². The van der Waals surface area contributed by atoms with Gasteiger partial charge in [-0.05, 0) is 30.5 Å². The molecule has 11 heteroatoms. The van der Waals surface area contributed by atoms with Crippen LogP contribution in [0.3, 0.4) is 0 Å². The second-order valence-corrected chi connectivity index (χ2v) is 6.18. The number of halogens is 5. The van der Waals surface area contributed by atoms with Crippen molar-refractivity contribution in [1.29, 1.82) is 0 Å². The molecule has 122 valence electrons. The van der Waals surface area contributed by atoms with Crippen LogP contribution in [-0.4, -0.2) is 25.0 Å². The van der Waals surface area contributed by atoms with Crippen LogP contribution in [0.15, 0.2) is 12.1 Å². The molecule has 1 fully saturated rings. The Kier molecular flexibility index (Phi) is 3.59. The van der Waals surface area contributed by atoms with Crippen LogP contribution in [-0.2, 0) is 20.3 Å². The summed E-state index contributed by atoms with van der Waals surface area (Å²) in [4.78, 5) is 11.0. The maximum Gasteiger partial charge on any atom is 0.534 e. The molecular weight excluding hydrogens is 339 g/mol. The summed E-state index contributed by atoms with van der Waals surface area (Å²) in [5, 5.41) is 8.98. The SMILES string of the molecule is O=C(O)C1(c2cc(F)c(OS(=O)(=O)C(F)(F)F)c(F)c2)CC1. The molecule has 22 heavy (non-hydrogen) atoms. The lowest BCUT2D eigenvalue weighted by atomic mass is 9.96. The van der Waals surface area contributed by atoms with Gasteiger partial charge in [-0.25, -0.2) is 8.78 Å². The summed E-state index contributed by atoms with van der Waals surface area (Å²) >= 11 is 0. The van der Waals surface area contributed by atoms with E-state index in [0.29, 0.717) is 12.1 Å². The Balaban J connectivity index is 2.43. The third kappa shape index (κ3) is 2.60. The van der Waals surface area contributed by atoms with Gasteiger partial charge in [0.05, 0.1) is 5.41 Å². The van der Waals surface area contributed by atoms with E-state index in [1.54, 1.807) is 0 Å². The first-order valence-electron chi connectivity index (χ1n) is 5.64. The average molecular weight is 346 g/mol. The van der Waals surface area contributed by atoms with Crippen LogP contribution in [0.2, 0.25) is 0 Å². The van der Waals surface area contributed by atoms with Gasteiger partial charge in [0.15, 0.2) is 11.6 Å². The van der Waals surface area contributed by atoms with Crippen molar-refractivity contribution in [3.8, 4) is 5.75 Å². The van der Waals surface area contributed by atoms with Gasteiger partial charge in [-0.2, -0.15) is 21.6 Å². The number of carbonyl (C=O) groups is 1. The minimum Gasteiger partial charge on any atom is -0.481 e. The number of carboxylic acid groups (broad SMARTS) is 1. The number of rotatable bonds is 4. The van der Waals surface area contributed by atoms with E-state index in [4.69, 9.17) is 5.11 Å². The number of alkyl halides is 3. The highest BCUT2D eigenvalue weighted by Crippen LogP contribution is 2.49. The lowest BCUT2D eigenvalue weighted by Gasteiger charge is -2.14. The Bertz CT molecular complexity index is 713. The number of hydrogen-bond acceptors (Lipinski definition) is 4. The van der Waals surface area contributed by atoms with E-state index in [1.165, 1.54) is 0 Å². The topological polar surface area (TPSA) is 80.7 Å². The van der Waals surface area contributed by atoms with E-state index in [1.807, 2.05) is 0 Å². The van der Waals surface area contributed by atoms with Gasteiger partial charge in [0.1, 0.15) is 0 Å². The van der Waals surface area contributed by atoms with Gasteiger partial charge in [0.25, 0.3) is 0 Å². The van der Waals surface area contributed by atoms with Gasteiger partial charge in [0, 0.05) is 0 Å². The van der Waals surface area contributed by atoms with E-state index in [0.717, 1.165) is 0 Å². The van der Waals surface area contributed by atoms with Crippen LogP contribution in [0.25, 0.3) is 0 Å². The fourth-order valence-electron chi connectivity index (χ4n) is 1.82. The Morgan fingerprint density at radius 2 is 1.64 bits per heavy atom. The zero-order valence-corrected chi connectivity index (χ0v) is 11.3. The van der Waals surface area contributed by atoms with Crippen LogP contribution in [0, 0.1) is 11.6 Å². The predicted molar refractivity (Wildman–Crippen MR) is 60.5 cm³/mol. The maximum absolute atomic E-state index is 13.7. The van der Waals surface area contributed by atoms with Crippen molar-refractivity contribution in [3.63, 3.8) is 0 Å². The molecule has 0 spiro atoms. The summed E-state index contributed by atoms with van der Waals surface area (Å²) in [5.74, 6) is -6.59. The lowest BCUT2D eigenvalue weighted by molar-refractivity contribution is -0.140. The molecular formula is C11H7F5O5S. The summed E-state index contributed by atoms with van der Waals surface area (Å²) in [6.45, 7) is 0. The van der Waals surface area contributed by atoms with Crippen molar-refractivity contribution < 1.29 is 44.5 Å². The molecule has 1 aromatic carbocycles. The molecule has 5 nitrogen and oxygen atoms in total. The molecule has 0 bridgehead atoms. The summed E-state index contributed by atoms with van der Waals surface area (Å²) in [6.07, 6.45) is 0.199. The molecule has 0 heterocycles. The van der Waals surface area contributed by atoms with Crippen LogP contribution in [0.4, 0.5) is 22.0 Å². The van der Waals surface area contributed by atoms with Crippen LogP contribution >= 0.6 is 0 Å². The van der Waals surface area contributed by atoms with Gasteiger partial charge in [-0.1, -0.05) is 0 Å². The standard InChI is InChI=1S/C11H7F5O5S/c12-6-3-5(10(1-2-10)9(17)18)4-7(13)8(6)21-22(19,20)11(14,15)16/h3-4H,1-2H2,(H,17,18). The van der Waals surface area contributed by atoms with Crippen molar-refractivity contribution in [1.82, 2.24) is 0 Å². The molecule has 2 rings (SSSR count). The van der Waals surface area contributed by atoms with Crippen molar-refractivity contribution in [2.45, 2.75) is 23.8 Å². The first kappa shape index (κ1) is 16.5. The van der Waals surface area contributed by atoms with Crippen molar-refractivity contribution in [2.75, 3.05) is 0 Å². The highest BCUT2D eigenvalue weighted by atomic mass is 32.2. The first-order valence-corrected chi connectivity index (χ1v) is 7.05. The normalized spacial score (nSPS) is 17.1. The summed E-state index contributed by atoms with van der Waals surface area (Å²) in [7, 11) is -6.24. The van der Waals surface area contributed by atoms with Crippen LogP contribution < -0.4 is 4.18 Å². The van der Waals surface area contributed by atoms with E-state index >= 15 is 0 Å². The molecule has 0 atom stereocenters. The molecule has 1 aliphatic carbocycles. The fourth-order valence-corrected chi connectivity index (χ4v) is 2.30. The smallest absolute Gasteiger partial charge is 0.481 e. The Morgan fingerprint density at radius 3 is 1.95 bits per heavy atom. The molecule has 0 aromatic heterocycles. The maximum atomic E-state index is 13.7. The second kappa shape index (κ2) is 4.80. The largest absolute Gasteiger partial charge is 0.534 e. The molecule has 1 saturated carbocycles. The number of hydrogen-bond donors (Lipinski definition) is 1. The highest BCUT2D eigenvalue weighted by Gasteiger charge is 2.53. The predicted octanol–water partition coefficient (Wildman–Crippen LogP) is 2.31. The summed E-state index contributed by atoms with van der Waals surface area (Å²) < 4.78 is 88.6. The third-order valence-corrected chi connectivity index (χ3v) is 4.14. The van der Waals surface area contributed by atoms with Gasteiger partial charge in [-0.15, -0.1) is 0 Å². The van der Waals surface area contributed by atoms with Crippen molar-refractivity contribution >= 4 is 16.1 Å². The van der Waals surface area contributed by atoms with Gasteiger partial charge >= 0.3 is 21.6 Å². The Hall–Kier alpha value is -1.91. The summed E-state index contributed by atoms with van der Waals surface area (Å²) in [5.41, 5.74) is -7.68. The van der Waals surface area contributed by atoms with E-state index in [2.05, 4.69) is 4.18 Å². The monoisotopic (exact) mass is 346 g/mol. The second-order valence-electron chi connectivity index (χ2n) is 4.64. The number of carboxylic acids is 1. The number of aliphatic carboxylic acids is 1. The highest BCUT2D eigenvalue weighted by molar-refractivity contribution is 7.88. The van der Waals surface area contributed by atoms with Crippen molar-refractivity contribution in [2.24, 2.45) is 0 Å². The summed E-state index contributed by atoms with van der Waals surface area (Å²) in [6, 6.07) is 0.900. The molecule has 1 N–H and O–H groups in total. The first-order chi connectivity index (χ1) is 9.91. The van der Waals surface area contributed by atoms with Gasteiger partial charge < -0.3 is 9.29 Å². The quantitative estimate of drug-likeness (QED) is 0.514. The molecule has 0 amide bonds. The molecule has 0 radical (unpaired) electrons. The van der Waals surface area contributed by atoms with Gasteiger partial charge in [0.2, 0.25) is 5.75 Å². The van der Waals surface area contributed by atoms with Crippen molar-refractivity contribution in [3.05, 3.63) is 29.3 Å². The van der Waals surface area contributed by atoms with E-state index in [-0.39, 0.29) is 18.4 Å². The Morgan fingerprint density at radius 1 is 1.18 bits per heavy atom. The zero-order valence-electron chi connectivity index (χ0n) is 10.4. The van der Waals surface area contributed by atoms with Crippen LogP contribution in [0.5, 0.6) is 5.75 Å². The molecule has 1 aromatic rings. The zero-order chi connectivity index (χ0) is 16.9. The van der Waals surface area contributed by atoms with Gasteiger partial charge in [-0.3, -0.25) is 4.79 Å². The molecule has 0 saturated heterocycles.